The van der Waals surface area contributed by atoms with Gasteiger partial charge in [-0.2, -0.15) is 0 Å². The molecular formula is C21H25NO2. The van der Waals surface area contributed by atoms with E-state index in [0.29, 0.717) is 13.2 Å². The van der Waals surface area contributed by atoms with Gasteiger partial charge in [0.05, 0.1) is 19.3 Å². The number of hydrogen-bond donors (Lipinski definition) is 1. The van der Waals surface area contributed by atoms with E-state index in [1.807, 2.05) is 6.07 Å². The lowest BCUT2D eigenvalue weighted by atomic mass is 9.82. The van der Waals surface area contributed by atoms with Crippen LogP contribution in [0.1, 0.15) is 49.6 Å². The summed E-state index contributed by atoms with van der Waals surface area (Å²) in [5.74, 6) is 0. The van der Waals surface area contributed by atoms with E-state index in [1.165, 1.54) is 16.7 Å². The van der Waals surface area contributed by atoms with Gasteiger partial charge in [0, 0.05) is 11.3 Å². The zero-order chi connectivity index (χ0) is 16.7. The van der Waals surface area contributed by atoms with Crippen molar-refractivity contribution in [1.82, 2.24) is 0 Å². The third-order valence-corrected chi connectivity index (χ3v) is 5.01. The van der Waals surface area contributed by atoms with E-state index in [-0.39, 0.29) is 23.7 Å². The molecule has 126 valence electrons. The number of benzene rings is 2. The maximum Gasteiger partial charge on any atom is 0.113 e. The Balaban J connectivity index is 1.77. The first-order valence-corrected chi connectivity index (χ1v) is 8.73. The number of nitrogens with one attached hydrogen (secondary N) is 1. The number of rotatable bonds is 1. The van der Waals surface area contributed by atoms with Gasteiger partial charge in [0.15, 0.2) is 0 Å². The first-order chi connectivity index (χ1) is 11.5. The van der Waals surface area contributed by atoms with Gasteiger partial charge in [-0.1, -0.05) is 63.2 Å². The Morgan fingerprint density at radius 2 is 1.71 bits per heavy atom. The van der Waals surface area contributed by atoms with E-state index in [0.717, 1.165) is 5.69 Å². The van der Waals surface area contributed by atoms with Crippen molar-refractivity contribution in [2.75, 3.05) is 18.5 Å². The Morgan fingerprint density at radius 3 is 2.46 bits per heavy atom. The Kier molecular flexibility index (Phi) is 3.86. The number of anilines is 1. The minimum Gasteiger partial charge on any atom is -0.375 e. The van der Waals surface area contributed by atoms with Crippen molar-refractivity contribution >= 4 is 5.69 Å². The molecule has 1 N–H and O–H groups in total. The molecule has 3 nitrogen and oxygen atoms in total. The average molecular weight is 323 g/mol. The van der Waals surface area contributed by atoms with Crippen LogP contribution in [0.5, 0.6) is 0 Å². The second kappa shape index (κ2) is 5.91. The molecule has 1 fully saturated rings. The molecule has 0 radical (unpaired) electrons. The van der Waals surface area contributed by atoms with E-state index in [4.69, 9.17) is 9.47 Å². The topological polar surface area (TPSA) is 30.5 Å². The van der Waals surface area contributed by atoms with E-state index >= 15 is 0 Å². The quantitative estimate of drug-likeness (QED) is 0.831. The molecule has 2 aromatic rings. The van der Waals surface area contributed by atoms with Crippen LogP contribution in [0.3, 0.4) is 0 Å². The lowest BCUT2D eigenvalue weighted by Crippen LogP contribution is -2.43. The van der Waals surface area contributed by atoms with Gasteiger partial charge < -0.3 is 14.8 Å². The zero-order valence-electron chi connectivity index (χ0n) is 14.6. The largest absolute Gasteiger partial charge is 0.375 e. The van der Waals surface area contributed by atoms with Crippen molar-refractivity contribution in [1.29, 1.82) is 0 Å². The highest BCUT2D eigenvalue weighted by Crippen LogP contribution is 2.45. The molecule has 0 saturated carbocycles. The molecule has 3 atom stereocenters. The fourth-order valence-corrected chi connectivity index (χ4v) is 3.66. The van der Waals surface area contributed by atoms with Crippen LogP contribution in [0.2, 0.25) is 0 Å². The monoisotopic (exact) mass is 323 g/mol. The first-order valence-electron chi connectivity index (χ1n) is 8.73. The molecule has 0 bridgehead atoms. The van der Waals surface area contributed by atoms with Crippen molar-refractivity contribution < 1.29 is 9.47 Å². The van der Waals surface area contributed by atoms with Crippen LogP contribution in [0, 0.1) is 0 Å². The summed E-state index contributed by atoms with van der Waals surface area (Å²) in [5, 5.41) is 3.69. The minimum absolute atomic E-state index is 0.00358. The molecule has 0 aliphatic carbocycles. The highest BCUT2D eigenvalue weighted by molar-refractivity contribution is 5.59. The third kappa shape index (κ3) is 2.72. The maximum atomic E-state index is 6.16. The average Bonchev–Trinajstić information content (AvgIpc) is 2.60. The Labute approximate surface area is 144 Å². The maximum absolute atomic E-state index is 6.16. The highest BCUT2D eigenvalue weighted by Gasteiger charge is 2.41. The molecule has 24 heavy (non-hydrogen) atoms. The van der Waals surface area contributed by atoms with Crippen molar-refractivity contribution in [2.24, 2.45) is 0 Å². The molecular weight excluding hydrogens is 298 g/mol. The summed E-state index contributed by atoms with van der Waals surface area (Å²) in [6, 6.07) is 17.3. The molecule has 1 saturated heterocycles. The van der Waals surface area contributed by atoms with Gasteiger partial charge in [0.25, 0.3) is 0 Å². The predicted molar refractivity (Wildman–Crippen MR) is 96.4 cm³/mol. The molecule has 2 heterocycles. The molecule has 2 aromatic carbocycles. The summed E-state index contributed by atoms with van der Waals surface area (Å²) in [6.07, 6.45) is -0.00799. The third-order valence-electron chi connectivity index (χ3n) is 5.01. The number of fused-ring (bicyclic) bond motifs is 3. The Morgan fingerprint density at radius 1 is 0.958 bits per heavy atom. The normalized spacial score (nSPS) is 26.2. The predicted octanol–water partition coefficient (Wildman–Crippen LogP) is 4.61. The van der Waals surface area contributed by atoms with Crippen LogP contribution in [-0.2, 0) is 14.9 Å². The van der Waals surface area contributed by atoms with E-state index < -0.39 is 0 Å². The van der Waals surface area contributed by atoms with E-state index in [9.17, 15) is 0 Å². The molecule has 4 rings (SSSR count). The summed E-state index contributed by atoms with van der Waals surface area (Å²) >= 11 is 0. The fraction of sp³-hybridized carbons (Fsp3) is 0.429. The van der Waals surface area contributed by atoms with Crippen LogP contribution in [0.25, 0.3) is 0 Å². The van der Waals surface area contributed by atoms with Crippen LogP contribution >= 0.6 is 0 Å². The van der Waals surface area contributed by atoms with Crippen molar-refractivity contribution in [2.45, 2.75) is 44.4 Å². The smallest absolute Gasteiger partial charge is 0.113 e. The molecule has 0 aromatic heterocycles. The van der Waals surface area contributed by atoms with E-state index in [1.54, 1.807) is 0 Å². The molecule has 2 aliphatic rings. The molecule has 3 unspecified atom stereocenters. The van der Waals surface area contributed by atoms with Crippen LogP contribution < -0.4 is 5.32 Å². The van der Waals surface area contributed by atoms with E-state index in [2.05, 4.69) is 68.6 Å². The summed E-state index contributed by atoms with van der Waals surface area (Å²) in [4.78, 5) is 0. The second-order valence-corrected chi connectivity index (χ2v) is 7.71. The van der Waals surface area contributed by atoms with Gasteiger partial charge in [-0.3, -0.25) is 0 Å². The summed E-state index contributed by atoms with van der Waals surface area (Å²) in [7, 11) is 0. The van der Waals surface area contributed by atoms with Gasteiger partial charge >= 0.3 is 0 Å². The van der Waals surface area contributed by atoms with Gasteiger partial charge in [-0.15, -0.1) is 0 Å². The van der Waals surface area contributed by atoms with Gasteiger partial charge in [0.1, 0.15) is 12.2 Å². The molecule has 0 spiro atoms. The SMILES string of the molecule is CC(C)(C)c1ccc2c(c1)C1OCCOC1C(c1ccccc1)N2. The van der Waals surface area contributed by atoms with Crippen LogP contribution in [0.4, 0.5) is 5.69 Å². The van der Waals surface area contributed by atoms with Gasteiger partial charge in [-0.05, 0) is 22.6 Å². The molecule has 2 aliphatic heterocycles. The lowest BCUT2D eigenvalue weighted by Gasteiger charge is -2.43. The summed E-state index contributed by atoms with van der Waals surface area (Å²) < 4.78 is 12.3. The van der Waals surface area contributed by atoms with Gasteiger partial charge in [0.2, 0.25) is 0 Å². The van der Waals surface area contributed by atoms with Crippen molar-refractivity contribution in [3.8, 4) is 0 Å². The lowest BCUT2D eigenvalue weighted by molar-refractivity contribution is -0.151. The standard InChI is InChI=1S/C21H25NO2/c1-21(2,3)15-9-10-17-16(13-15)19-20(24-12-11-23-19)18(22-17)14-7-5-4-6-8-14/h4-10,13,18-20,22H,11-12H2,1-3H3. The van der Waals surface area contributed by atoms with Crippen LogP contribution in [0.15, 0.2) is 48.5 Å². The number of hydrogen-bond acceptors (Lipinski definition) is 3. The van der Waals surface area contributed by atoms with Crippen LogP contribution in [-0.4, -0.2) is 19.3 Å². The molecule has 3 heteroatoms. The second-order valence-electron chi connectivity index (χ2n) is 7.71. The number of ether oxygens (including phenoxy) is 2. The summed E-state index contributed by atoms with van der Waals surface area (Å²) in [6.45, 7) is 8.04. The summed E-state index contributed by atoms with van der Waals surface area (Å²) in [5.41, 5.74) is 5.07. The highest BCUT2D eigenvalue weighted by atomic mass is 16.6. The van der Waals surface area contributed by atoms with Gasteiger partial charge in [-0.25, -0.2) is 0 Å². The van der Waals surface area contributed by atoms with Crippen molar-refractivity contribution in [3.63, 3.8) is 0 Å². The minimum atomic E-state index is -0.0116. The Bertz CT molecular complexity index is 720. The van der Waals surface area contributed by atoms with Crippen molar-refractivity contribution in [3.05, 3.63) is 65.2 Å². The molecule has 0 amide bonds. The zero-order valence-corrected chi connectivity index (χ0v) is 14.6. The first kappa shape index (κ1) is 15.7. The fourth-order valence-electron chi connectivity index (χ4n) is 3.66. The Hall–Kier alpha value is -1.84.